The van der Waals surface area contributed by atoms with E-state index < -0.39 is 21.9 Å². The maximum Gasteiger partial charge on any atom is 0.341 e. The molecule has 0 aliphatic heterocycles. The molecule has 0 radical (unpaired) electrons. The lowest BCUT2D eigenvalue weighted by atomic mass is 9.88. The number of carbonyl (C=O) groups is 2. The molecule has 180 valence electrons. The van der Waals surface area contributed by atoms with Gasteiger partial charge in [0.2, 0.25) is 10.0 Å². The van der Waals surface area contributed by atoms with Crippen molar-refractivity contribution in [2.45, 2.75) is 57.8 Å². The molecule has 1 aliphatic carbocycles. The summed E-state index contributed by atoms with van der Waals surface area (Å²) in [7, 11) is -2.27. The Hall–Kier alpha value is -2.23. The van der Waals surface area contributed by atoms with Crippen LogP contribution < -0.4 is 5.32 Å². The van der Waals surface area contributed by atoms with Gasteiger partial charge in [-0.05, 0) is 61.4 Å². The van der Waals surface area contributed by atoms with Crippen LogP contribution in [0.2, 0.25) is 0 Å². The van der Waals surface area contributed by atoms with Crippen molar-refractivity contribution in [1.29, 1.82) is 0 Å². The van der Waals surface area contributed by atoms with Gasteiger partial charge < -0.3 is 10.1 Å². The van der Waals surface area contributed by atoms with E-state index in [0.29, 0.717) is 35.1 Å². The molecule has 7 nitrogen and oxygen atoms in total. The molecule has 3 rings (SSSR count). The second kappa shape index (κ2) is 10.8. The van der Waals surface area contributed by atoms with Crippen LogP contribution in [0.5, 0.6) is 0 Å². The summed E-state index contributed by atoms with van der Waals surface area (Å²) in [5, 5.41) is 3.34. The zero-order valence-corrected chi connectivity index (χ0v) is 21.3. The van der Waals surface area contributed by atoms with Crippen molar-refractivity contribution in [1.82, 2.24) is 4.31 Å². The van der Waals surface area contributed by atoms with Gasteiger partial charge in [-0.3, -0.25) is 4.79 Å². The summed E-state index contributed by atoms with van der Waals surface area (Å²) in [4.78, 5) is 26.7. The number of hydrogen-bond donors (Lipinski definition) is 1. The Bertz CT molecular complexity index is 1110. The molecular weight excluding hydrogens is 460 g/mol. The number of amides is 1. The van der Waals surface area contributed by atoms with E-state index in [4.69, 9.17) is 4.74 Å². The number of anilines is 1. The van der Waals surface area contributed by atoms with Gasteiger partial charge in [0.25, 0.3) is 5.91 Å². The lowest BCUT2D eigenvalue weighted by Crippen LogP contribution is -2.31. The first-order valence-corrected chi connectivity index (χ1v) is 13.6. The molecule has 1 aliphatic rings. The number of hydrogen-bond acceptors (Lipinski definition) is 6. The van der Waals surface area contributed by atoms with E-state index in [1.165, 1.54) is 47.0 Å². The minimum absolute atomic E-state index is 0.160. The van der Waals surface area contributed by atoms with Crippen LogP contribution >= 0.6 is 11.3 Å². The van der Waals surface area contributed by atoms with Crippen molar-refractivity contribution < 1.29 is 22.7 Å². The molecule has 1 aromatic heterocycles. The number of rotatable bonds is 9. The Morgan fingerprint density at radius 1 is 1.21 bits per heavy atom. The highest BCUT2D eigenvalue weighted by molar-refractivity contribution is 7.89. The molecule has 1 heterocycles. The zero-order chi connectivity index (χ0) is 24.2. The minimum atomic E-state index is -3.61. The molecule has 2 aromatic rings. The fraction of sp³-hybridized carbons (Fsp3) is 0.500. The highest BCUT2D eigenvalue weighted by atomic mass is 32.2. The summed E-state index contributed by atoms with van der Waals surface area (Å²) in [6, 6.07) is 5.93. The number of sulfonamides is 1. The molecule has 0 spiro atoms. The average molecular weight is 493 g/mol. The highest BCUT2D eigenvalue weighted by Gasteiger charge is 2.29. The lowest BCUT2D eigenvalue weighted by Gasteiger charge is -2.20. The predicted molar refractivity (Wildman–Crippen MR) is 131 cm³/mol. The molecule has 1 amide bonds. The largest absolute Gasteiger partial charge is 0.465 e. The first-order chi connectivity index (χ1) is 15.7. The number of carbonyl (C=O) groups excluding carboxylic acids is 2. The Labute approximate surface area is 200 Å². The van der Waals surface area contributed by atoms with Crippen LogP contribution in [0.4, 0.5) is 5.00 Å². The van der Waals surface area contributed by atoms with Gasteiger partial charge in [-0.25, -0.2) is 13.2 Å². The SMILES string of the molecule is CCCCN(CC)S(=O)(=O)c1ccc(C(=O)Nc2sc3c(c2C(=O)OC)CCC(C)C3)cc1. The number of thiophene rings is 1. The number of unbranched alkanes of at least 4 members (excludes halogenated alkanes) is 1. The molecule has 1 aromatic carbocycles. The Kier molecular flexibility index (Phi) is 8.31. The summed E-state index contributed by atoms with van der Waals surface area (Å²) >= 11 is 1.42. The van der Waals surface area contributed by atoms with Gasteiger partial charge in [0.05, 0.1) is 17.6 Å². The first kappa shape index (κ1) is 25.4. The fourth-order valence-electron chi connectivity index (χ4n) is 4.04. The number of methoxy groups -OCH3 is 1. The van der Waals surface area contributed by atoms with Crippen LogP contribution in [0.1, 0.15) is 71.2 Å². The third kappa shape index (κ3) is 5.47. The molecule has 1 N–H and O–H groups in total. The van der Waals surface area contributed by atoms with E-state index in [-0.39, 0.29) is 4.90 Å². The Balaban J connectivity index is 1.82. The van der Waals surface area contributed by atoms with Gasteiger partial charge in [0.1, 0.15) is 5.00 Å². The number of benzene rings is 1. The Morgan fingerprint density at radius 2 is 1.91 bits per heavy atom. The summed E-state index contributed by atoms with van der Waals surface area (Å²) in [6.45, 7) is 6.87. The average Bonchev–Trinajstić information content (AvgIpc) is 3.15. The van der Waals surface area contributed by atoms with E-state index in [0.717, 1.165) is 42.5 Å². The molecule has 0 bridgehead atoms. The number of esters is 1. The van der Waals surface area contributed by atoms with Gasteiger partial charge >= 0.3 is 5.97 Å². The molecule has 1 unspecified atom stereocenters. The van der Waals surface area contributed by atoms with Gasteiger partial charge in [0.15, 0.2) is 0 Å². The highest BCUT2D eigenvalue weighted by Crippen LogP contribution is 2.40. The third-order valence-corrected chi connectivity index (χ3v) is 9.15. The quantitative estimate of drug-likeness (QED) is 0.511. The smallest absolute Gasteiger partial charge is 0.341 e. The summed E-state index contributed by atoms with van der Waals surface area (Å²) in [6.07, 6.45) is 4.34. The van der Waals surface area contributed by atoms with Gasteiger partial charge in [0, 0.05) is 23.5 Å². The lowest BCUT2D eigenvalue weighted by molar-refractivity contribution is 0.0600. The maximum atomic E-state index is 12.9. The van der Waals surface area contributed by atoms with Gasteiger partial charge in [-0.15, -0.1) is 11.3 Å². The molecule has 33 heavy (non-hydrogen) atoms. The molecule has 0 saturated carbocycles. The standard InChI is InChI=1S/C24H32N2O5S2/c1-5-7-14-26(6-2)33(29,30)18-11-9-17(10-12-18)22(27)25-23-21(24(28)31-4)19-13-8-16(3)15-20(19)32-23/h9-12,16H,5-8,13-15H2,1-4H3,(H,25,27). The summed E-state index contributed by atoms with van der Waals surface area (Å²) in [5.74, 6) is -0.320. The van der Waals surface area contributed by atoms with Gasteiger partial charge in [-0.2, -0.15) is 4.31 Å². The van der Waals surface area contributed by atoms with Crippen molar-refractivity contribution in [3.05, 3.63) is 45.8 Å². The minimum Gasteiger partial charge on any atom is -0.465 e. The molecule has 9 heteroatoms. The van der Waals surface area contributed by atoms with Crippen LogP contribution in [-0.2, 0) is 27.6 Å². The zero-order valence-electron chi connectivity index (χ0n) is 19.6. The molecule has 0 saturated heterocycles. The van der Waals surface area contributed by atoms with E-state index in [9.17, 15) is 18.0 Å². The fourth-order valence-corrected chi connectivity index (χ4v) is 6.92. The predicted octanol–water partition coefficient (Wildman–Crippen LogP) is 4.72. The van der Waals surface area contributed by atoms with E-state index in [1.54, 1.807) is 0 Å². The molecule has 1 atom stereocenters. The number of nitrogens with one attached hydrogen (secondary N) is 1. The second-order valence-corrected chi connectivity index (χ2v) is 11.4. The normalized spacial score (nSPS) is 15.8. The second-order valence-electron chi connectivity index (χ2n) is 8.38. The summed E-state index contributed by atoms with van der Waals surface area (Å²) in [5.41, 5.74) is 1.72. The third-order valence-electron chi connectivity index (χ3n) is 6.00. The van der Waals surface area contributed by atoms with E-state index in [2.05, 4.69) is 12.2 Å². The van der Waals surface area contributed by atoms with Crippen LogP contribution in [0.15, 0.2) is 29.2 Å². The van der Waals surface area contributed by atoms with Crippen molar-refractivity contribution in [2.24, 2.45) is 5.92 Å². The van der Waals surface area contributed by atoms with Crippen LogP contribution in [0, 0.1) is 5.92 Å². The summed E-state index contributed by atoms with van der Waals surface area (Å²) < 4.78 is 32.2. The van der Waals surface area contributed by atoms with Crippen LogP contribution in [0.25, 0.3) is 0 Å². The number of fused-ring (bicyclic) bond motifs is 1. The van der Waals surface area contributed by atoms with E-state index >= 15 is 0 Å². The first-order valence-electron chi connectivity index (χ1n) is 11.4. The van der Waals surface area contributed by atoms with Crippen molar-refractivity contribution >= 4 is 38.2 Å². The van der Waals surface area contributed by atoms with Crippen molar-refractivity contribution in [3.63, 3.8) is 0 Å². The van der Waals surface area contributed by atoms with Gasteiger partial charge in [-0.1, -0.05) is 27.2 Å². The Morgan fingerprint density at radius 3 is 2.52 bits per heavy atom. The number of nitrogens with zero attached hydrogens (tertiary/aromatic N) is 1. The van der Waals surface area contributed by atoms with Crippen LogP contribution in [-0.4, -0.2) is 44.8 Å². The maximum absolute atomic E-state index is 12.9. The molecular formula is C24H32N2O5S2. The van der Waals surface area contributed by atoms with Crippen molar-refractivity contribution in [2.75, 3.05) is 25.5 Å². The topological polar surface area (TPSA) is 92.8 Å². The van der Waals surface area contributed by atoms with E-state index in [1.807, 2.05) is 13.8 Å². The van der Waals surface area contributed by atoms with Crippen molar-refractivity contribution in [3.8, 4) is 0 Å². The monoisotopic (exact) mass is 492 g/mol. The molecule has 0 fully saturated rings. The number of ether oxygens (including phenoxy) is 1. The van der Waals surface area contributed by atoms with Crippen LogP contribution in [0.3, 0.4) is 0 Å².